The second kappa shape index (κ2) is 12.2. The molecule has 1 aliphatic rings. The van der Waals surface area contributed by atoms with E-state index < -0.39 is 5.60 Å². The van der Waals surface area contributed by atoms with Crippen molar-refractivity contribution < 1.29 is 19.4 Å². The number of methoxy groups -OCH3 is 1. The molecule has 0 aromatic rings. The lowest BCUT2D eigenvalue weighted by atomic mass is 9.92. The van der Waals surface area contributed by atoms with E-state index in [1.807, 2.05) is 34.7 Å². The maximum Gasteiger partial charge on any atom is 0.305 e. The van der Waals surface area contributed by atoms with E-state index in [0.717, 1.165) is 12.8 Å². The SMILES string of the molecule is CCCCC/C=C\C[C@@]1(O)C=C(I)C(=O)C1=C/C=C/CCCC(=O)OC. The van der Waals surface area contributed by atoms with Crippen LogP contribution < -0.4 is 0 Å². The topological polar surface area (TPSA) is 63.6 Å². The molecule has 0 aromatic heterocycles. The normalized spacial score (nSPS) is 21.9. The Morgan fingerprint density at radius 2 is 1.96 bits per heavy atom. The number of ether oxygens (including phenoxy) is 1. The summed E-state index contributed by atoms with van der Waals surface area (Å²) in [6.07, 6.45) is 17.8. The molecule has 4 nitrogen and oxygen atoms in total. The number of halogens is 1. The Morgan fingerprint density at radius 1 is 1.23 bits per heavy atom. The van der Waals surface area contributed by atoms with Gasteiger partial charge in [-0.05, 0) is 54.4 Å². The predicted octanol–water partition coefficient (Wildman–Crippen LogP) is 4.97. The summed E-state index contributed by atoms with van der Waals surface area (Å²) in [5.41, 5.74) is -0.824. The molecule has 0 saturated carbocycles. The molecule has 5 heteroatoms. The molecule has 0 radical (unpaired) electrons. The molecular weight excluding hydrogens is 443 g/mol. The Labute approximate surface area is 170 Å². The minimum atomic E-state index is -1.23. The van der Waals surface area contributed by atoms with E-state index in [1.54, 1.807) is 18.2 Å². The molecule has 0 unspecified atom stereocenters. The zero-order valence-corrected chi connectivity index (χ0v) is 17.8. The quantitative estimate of drug-likeness (QED) is 0.152. The largest absolute Gasteiger partial charge is 0.469 e. The van der Waals surface area contributed by atoms with Crippen LogP contribution in [0.3, 0.4) is 0 Å². The Hall–Kier alpha value is -1.21. The van der Waals surface area contributed by atoms with E-state index in [2.05, 4.69) is 17.7 Å². The second-order valence-corrected chi connectivity index (χ2v) is 7.56. The highest BCUT2D eigenvalue weighted by Gasteiger charge is 2.39. The van der Waals surface area contributed by atoms with Gasteiger partial charge in [0.25, 0.3) is 0 Å². The summed E-state index contributed by atoms with van der Waals surface area (Å²) in [5.74, 6) is -0.340. The number of rotatable bonds is 11. The molecule has 0 aromatic carbocycles. The summed E-state index contributed by atoms with van der Waals surface area (Å²) < 4.78 is 5.14. The summed E-state index contributed by atoms with van der Waals surface area (Å²) in [4.78, 5) is 23.4. The Kier molecular flexibility index (Phi) is 10.7. The fourth-order valence-electron chi connectivity index (χ4n) is 2.69. The Balaban J connectivity index is 2.62. The minimum Gasteiger partial charge on any atom is -0.469 e. The molecular formula is C21H29IO4. The lowest BCUT2D eigenvalue weighted by Gasteiger charge is -2.20. The van der Waals surface area contributed by atoms with Crippen LogP contribution in [0.2, 0.25) is 0 Å². The molecule has 26 heavy (non-hydrogen) atoms. The zero-order valence-electron chi connectivity index (χ0n) is 15.7. The molecule has 0 fully saturated rings. The molecule has 0 spiro atoms. The molecule has 0 heterocycles. The van der Waals surface area contributed by atoms with E-state index in [9.17, 15) is 14.7 Å². The van der Waals surface area contributed by atoms with Gasteiger partial charge in [-0.15, -0.1) is 0 Å². The number of aliphatic hydroxyl groups is 1. The third kappa shape index (κ3) is 7.58. The van der Waals surface area contributed by atoms with Crippen LogP contribution in [0.1, 0.15) is 58.3 Å². The summed E-state index contributed by atoms with van der Waals surface area (Å²) in [5, 5.41) is 10.9. The van der Waals surface area contributed by atoms with Crippen LogP contribution in [-0.4, -0.2) is 29.6 Å². The van der Waals surface area contributed by atoms with Crippen LogP contribution in [0.4, 0.5) is 0 Å². The van der Waals surface area contributed by atoms with Crippen molar-refractivity contribution in [2.24, 2.45) is 0 Å². The lowest BCUT2D eigenvalue weighted by molar-refractivity contribution is -0.140. The number of Topliss-reactive ketones (excluding diaryl/α,β-unsaturated/α-hetero) is 1. The number of esters is 1. The standard InChI is InChI=1S/C21H29IO4/c1-3-4-5-6-9-12-15-21(25)16-18(22)20(24)17(21)13-10-7-8-11-14-19(23)26-2/h7,9-10,12-13,16,25H,3-6,8,11,14-15H2,1-2H3/b10-7+,12-9-,17-13?/t21-/m1/s1. The summed E-state index contributed by atoms with van der Waals surface area (Å²) in [6, 6.07) is 0. The van der Waals surface area contributed by atoms with Gasteiger partial charge in [-0.2, -0.15) is 0 Å². The third-order valence-electron chi connectivity index (χ3n) is 4.24. The molecule has 1 atom stereocenters. The fourth-order valence-corrected chi connectivity index (χ4v) is 3.49. The predicted molar refractivity (Wildman–Crippen MR) is 113 cm³/mol. The maximum atomic E-state index is 12.3. The van der Waals surface area contributed by atoms with E-state index in [1.165, 1.54) is 20.0 Å². The summed E-state index contributed by atoms with van der Waals surface area (Å²) in [6.45, 7) is 2.17. The van der Waals surface area contributed by atoms with Crippen molar-refractivity contribution in [1.82, 2.24) is 0 Å². The van der Waals surface area contributed by atoms with Crippen LogP contribution in [-0.2, 0) is 14.3 Å². The van der Waals surface area contributed by atoms with Crippen LogP contribution >= 0.6 is 22.6 Å². The van der Waals surface area contributed by atoms with Crippen molar-refractivity contribution in [1.29, 1.82) is 0 Å². The highest BCUT2D eigenvalue weighted by molar-refractivity contribution is 14.1. The third-order valence-corrected chi connectivity index (χ3v) is 5.04. The molecule has 0 saturated heterocycles. The number of hydrogen-bond acceptors (Lipinski definition) is 4. The van der Waals surface area contributed by atoms with Crippen LogP contribution in [0.5, 0.6) is 0 Å². The van der Waals surface area contributed by atoms with Crippen molar-refractivity contribution in [2.75, 3.05) is 7.11 Å². The first-order valence-corrected chi connectivity index (χ1v) is 10.3. The Bertz CT molecular complexity index is 601. The first-order chi connectivity index (χ1) is 12.4. The van der Waals surface area contributed by atoms with E-state index in [-0.39, 0.29) is 11.8 Å². The molecule has 0 amide bonds. The van der Waals surface area contributed by atoms with Crippen LogP contribution in [0.25, 0.3) is 0 Å². The van der Waals surface area contributed by atoms with Gasteiger partial charge in [0.1, 0.15) is 5.60 Å². The number of hydrogen-bond donors (Lipinski definition) is 1. The van der Waals surface area contributed by atoms with Crippen molar-refractivity contribution in [3.8, 4) is 0 Å². The van der Waals surface area contributed by atoms with Gasteiger partial charge in [0.2, 0.25) is 0 Å². The van der Waals surface area contributed by atoms with Gasteiger partial charge in [0.15, 0.2) is 5.78 Å². The molecule has 1 aliphatic carbocycles. The smallest absolute Gasteiger partial charge is 0.305 e. The molecule has 1 N–H and O–H groups in total. The van der Waals surface area contributed by atoms with Crippen molar-refractivity contribution >= 4 is 34.3 Å². The molecule has 0 bridgehead atoms. The van der Waals surface area contributed by atoms with E-state index in [0.29, 0.717) is 34.8 Å². The van der Waals surface area contributed by atoms with Crippen LogP contribution in [0.15, 0.2) is 45.6 Å². The molecule has 144 valence electrons. The van der Waals surface area contributed by atoms with Gasteiger partial charge in [0, 0.05) is 18.4 Å². The van der Waals surface area contributed by atoms with Crippen molar-refractivity contribution in [2.45, 2.75) is 63.9 Å². The first-order valence-electron chi connectivity index (χ1n) is 9.19. The second-order valence-electron chi connectivity index (χ2n) is 6.39. The maximum absolute atomic E-state index is 12.3. The van der Waals surface area contributed by atoms with Gasteiger partial charge in [0.05, 0.1) is 10.7 Å². The molecule has 1 rings (SSSR count). The minimum absolute atomic E-state index is 0.119. The van der Waals surface area contributed by atoms with E-state index >= 15 is 0 Å². The number of ketones is 1. The Morgan fingerprint density at radius 3 is 2.65 bits per heavy atom. The van der Waals surface area contributed by atoms with Crippen LogP contribution in [0, 0.1) is 0 Å². The van der Waals surface area contributed by atoms with Gasteiger partial charge < -0.3 is 9.84 Å². The van der Waals surface area contributed by atoms with E-state index in [4.69, 9.17) is 0 Å². The number of allylic oxidation sites excluding steroid dienone is 5. The first kappa shape index (κ1) is 22.8. The average Bonchev–Trinajstić information content (AvgIpc) is 2.83. The lowest BCUT2D eigenvalue weighted by Crippen LogP contribution is -2.27. The number of carbonyl (C=O) groups excluding carboxylic acids is 2. The molecule has 0 aliphatic heterocycles. The summed E-state index contributed by atoms with van der Waals surface area (Å²) in [7, 11) is 1.38. The monoisotopic (exact) mass is 472 g/mol. The van der Waals surface area contributed by atoms with Gasteiger partial charge in [-0.1, -0.05) is 50.1 Å². The highest BCUT2D eigenvalue weighted by atomic mass is 127. The van der Waals surface area contributed by atoms with Gasteiger partial charge >= 0.3 is 5.97 Å². The van der Waals surface area contributed by atoms with Crippen molar-refractivity contribution in [3.63, 3.8) is 0 Å². The zero-order chi connectivity index (χ0) is 19.4. The average molecular weight is 472 g/mol. The van der Waals surface area contributed by atoms with Crippen molar-refractivity contribution in [3.05, 3.63) is 45.6 Å². The summed E-state index contributed by atoms with van der Waals surface area (Å²) >= 11 is 1.97. The van der Waals surface area contributed by atoms with Gasteiger partial charge in [-0.25, -0.2) is 0 Å². The number of unbranched alkanes of at least 4 members (excludes halogenated alkanes) is 4. The van der Waals surface area contributed by atoms with Gasteiger partial charge in [-0.3, -0.25) is 9.59 Å². The number of carbonyl (C=O) groups is 2. The fraction of sp³-hybridized carbons (Fsp3) is 0.524. The highest BCUT2D eigenvalue weighted by Crippen LogP contribution is 2.36.